The van der Waals surface area contributed by atoms with Gasteiger partial charge in [-0.2, -0.15) is 0 Å². The van der Waals surface area contributed by atoms with Crippen molar-refractivity contribution in [3.05, 3.63) is 72.3 Å². The van der Waals surface area contributed by atoms with Gasteiger partial charge in [0.15, 0.2) is 0 Å². The van der Waals surface area contributed by atoms with E-state index in [1.54, 1.807) is 7.11 Å². The lowest BCUT2D eigenvalue weighted by Crippen LogP contribution is -2.33. The van der Waals surface area contributed by atoms with E-state index in [1.165, 1.54) is 4.90 Å². The number of carbonyl (C=O) groups is 3. The molecule has 5 rings (SSSR count). The number of hydrogen-bond donors (Lipinski definition) is 2. The summed E-state index contributed by atoms with van der Waals surface area (Å²) in [6.45, 7) is 3.25. The van der Waals surface area contributed by atoms with E-state index in [1.807, 2.05) is 54.6 Å². The Hall–Kier alpha value is -4.33. The molecule has 1 saturated heterocycles. The first kappa shape index (κ1) is 24.4. The predicted molar refractivity (Wildman–Crippen MR) is 144 cm³/mol. The lowest BCUT2D eigenvalue weighted by molar-refractivity contribution is -0.127. The third-order valence-electron chi connectivity index (χ3n) is 6.92. The number of para-hydroxylation sites is 1. The first-order valence-corrected chi connectivity index (χ1v) is 12.5. The van der Waals surface area contributed by atoms with Crippen LogP contribution in [-0.2, 0) is 22.6 Å². The molecule has 8 nitrogen and oxygen atoms in total. The van der Waals surface area contributed by atoms with Crippen LogP contribution in [0, 0.1) is 0 Å². The fourth-order valence-corrected chi connectivity index (χ4v) is 4.99. The normalized spacial score (nSPS) is 15.4. The number of anilines is 1. The van der Waals surface area contributed by atoms with Crippen LogP contribution in [0.15, 0.2) is 66.7 Å². The zero-order valence-corrected chi connectivity index (χ0v) is 21.0. The van der Waals surface area contributed by atoms with E-state index in [0.29, 0.717) is 12.1 Å². The minimum absolute atomic E-state index is 0.123. The van der Waals surface area contributed by atoms with Gasteiger partial charge in [-0.3, -0.25) is 14.5 Å². The number of ether oxygens (including phenoxy) is 1. The van der Waals surface area contributed by atoms with Gasteiger partial charge in [0.2, 0.25) is 5.91 Å². The van der Waals surface area contributed by atoms with Crippen molar-refractivity contribution in [2.24, 2.45) is 0 Å². The average molecular weight is 499 g/mol. The van der Waals surface area contributed by atoms with Crippen LogP contribution >= 0.6 is 0 Å². The number of fused-ring (bicyclic) bond motifs is 3. The molecule has 1 aromatic heterocycles. The molecule has 1 atom stereocenters. The lowest BCUT2D eigenvalue weighted by atomic mass is 10.1. The number of imide groups is 1. The Morgan fingerprint density at radius 3 is 2.51 bits per heavy atom. The number of methoxy groups -OCH3 is 1. The molecule has 1 fully saturated rings. The molecular weight excluding hydrogens is 468 g/mol. The highest BCUT2D eigenvalue weighted by Crippen LogP contribution is 2.31. The van der Waals surface area contributed by atoms with Crippen molar-refractivity contribution in [2.45, 2.75) is 38.8 Å². The summed E-state index contributed by atoms with van der Waals surface area (Å²) in [4.78, 5) is 39.1. The van der Waals surface area contributed by atoms with Gasteiger partial charge in [0.05, 0.1) is 7.11 Å². The van der Waals surface area contributed by atoms with Crippen LogP contribution < -0.4 is 15.4 Å². The Balaban J connectivity index is 1.18. The second kappa shape index (κ2) is 10.3. The standard InChI is InChI=1S/C29H30N4O4/c1-3-32-25-7-5-4-6-22(25)23-18-20(10-14-26(23)32)30-27(34)15-13-24-28(35)33(29(36)31-24)17-16-19-8-11-21(37-2)12-9-19/h4-12,14,18,24H,3,13,15-17H2,1-2H3,(H,30,34)(H,31,36)/t24-/m0/s1. The summed E-state index contributed by atoms with van der Waals surface area (Å²) in [6, 6.07) is 20.6. The molecule has 0 radical (unpaired) electrons. The van der Waals surface area contributed by atoms with E-state index in [2.05, 4.69) is 34.3 Å². The van der Waals surface area contributed by atoms with E-state index in [-0.39, 0.29) is 31.2 Å². The third kappa shape index (κ3) is 4.87. The van der Waals surface area contributed by atoms with Gasteiger partial charge < -0.3 is 19.9 Å². The van der Waals surface area contributed by atoms with Crippen molar-refractivity contribution >= 4 is 45.3 Å². The van der Waals surface area contributed by atoms with Crippen molar-refractivity contribution in [2.75, 3.05) is 19.0 Å². The van der Waals surface area contributed by atoms with Gasteiger partial charge in [0.25, 0.3) is 5.91 Å². The van der Waals surface area contributed by atoms with Crippen molar-refractivity contribution < 1.29 is 19.1 Å². The second-order valence-corrected chi connectivity index (χ2v) is 9.17. The number of benzene rings is 3. The van der Waals surface area contributed by atoms with Crippen LogP contribution in [0.25, 0.3) is 21.8 Å². The summed E-state index contributed by atoms with van der Waals surface area (Å²) in [5, 5.41) is 7.89. The maximum Gasteiger partial charge on any atom is 0.324 e. The minimum atomic E-state index is -0.695. The van der Waals surface area contributed by atoms with Crippen LogP contribution in [0.1, 0.15) is 25.3 Å². The predicted octanol–water partition coefficient (Wildman–Crippen LogP) is 4.70. The number of aryl methyl sites for hydroxylation is 1. The summed E-state index contributed by atoms with van der Waals surface area (Å²) in [7, 11) is 1.60. The quantitative estimate of drug-likeness (QED) is 0.327. The minimum Gasteiger partial charge on any atom is -0.497 e. The molecule has 8 heteroatoms. The molecule has 4 amide bonds. The second-order valence-electron chi connectivity index (χ2n) is 9.17. The molecule has 0 aliphatic carbocycles. The molecule has 0 unspecified atom stereocenters. The number of nitrogens with zero attached hydrogens (tertiary/aromatic N) is 2. The highest BCUT2D eigenvalue weighted by Gasteiger charge is 2.37. The SMILES string of the molecule is CCn1c2ccccc2c2cc(NC(=O)CC[C@@H]3NC(=O)N(CCc4ccc(OC)cc4)C3=O)ccc21. The smallest absolute Gasteiger partial charge is 0.324 e. The summed E-state index contributed by atoms with van der Waals surface area (Å²) in [6.07, 6.45) is 0.915. The van der Waals surface area contributed by atoms with Gasteiger partial charge in [0.1, 0.15) is 11.8 Å². The molecule has 190 valence electrons. The molecule has 1 aliphatic rings. The van der Waals surface area contributed by atoms with E-state index in [9.17, 15) is 14.4 Å². The number of rotatable bonds is 9. The van der Waals surface area contributed by atoms with E-state index >= 15 is 0 Å². The fraction of sp³-hybridized carbons (Fsp3) is 0.276. The van der Waals surface area contributed by atoms with E-state index < -0.39 is 12.1 Å². The van der Waals surface area contributed by atoms with E-state index in [4.69, 9.17) is 4.74 Å². The fourth-order valence-electron chi connectivity index (χ4n) is 4.99. The summed E-state index contributed by atoms with van der Waals surface area (Å²) in [5.41, 5.74) is 3.99. The highest BCUT2D eigenvalue weighted by molar-refractivity contribution is 6.10. The first-order chi connectivity index (χ1) is 18.0. The Labute approximate surface area is 215 Å². The molecule has 3 aromatic carbocycles. The molecular formula is C29H30N4O4. The van der Waals surface area contributed by atoms with Crippen LogP contribution in [0.3, 0.4) is 0 Å². The Morgan fingerprint density at radius 2 is 1.76 bits per heavy atom. The molecule has 0 bridgehead atoms. The van der Waals surface area contributed by atoms with Gasteiger partial charge in [-0.05, 0) is 61.7 Å². The van der Waals surface area contributed by atoms with Crippen molar-refractivity contribution in [1.82, 2.24) is 14.8 Å². The topological polar surface area (TPSA) is 92.7 Å². The van der Waals surface area contributed by atoms with Crippen LogP contribution in [-0.4, -0.2) is 47.0 Å². The zero-order chi connectivity index (χ0) is 25.9. The number of hydrogen-bond acceptors (Lipinski definition) is 4. The van der Waals surface area contributed by atoms with Gasteiger partial charge >= 0.3 is 6.03 Å². The van der Waals surface area contributed by atoms with Gasteiger partial charge in [-0.25, -0.2) is 4.79 Å². The third-order valence-corrected chi connectivity index (χ3v) is 6.92. The number of urea groups is 1. The van der Waals surface area contributed by atoms with Gasteiger partial charge in [-0.15, -0.1) is 0 Å². The summed E-state index contributed by atoms with van der Waals surface area (Å²) in [5.74, 6) is 0.266. The molecule has 2 N–H and O–H groups in total. The van der Waals surface area contributed by atoms with E-state index in [0.717, 1.165) is 39.7 Å². The van der Waals surface area contributed by atoms with Crippen molar-refractivity contribution in [3.8, 4) is 5.75 Å². The number of aromatic nitrogens is 1. The number of amides is 4. The molecule has 0 spiro atoms. The molecule has 37 heavy (non-hydrogen) atoms. The van der Waals surface area contributed by atoms with Gasteiger partial charge in [0, 0.05) is 47.0 Å². The lowest BCUT2D eigenvalue weighted by Gasteiger charge is -2.13. The summed E-state index contributed by atoms with van der Waals surface area (Å²) >= 11 is 0. The highest BCUT2D eigenvalue weighted by atomic mass is 16.5. The number of carbonyl (C=O) groups excluding carboxylic acids is 3. The van der Waals surface area contributed by atoms with Crippen molar-refractivity contribution in [3.63, 3.8) is 0 Å². The van der Waals surface area contributed by atoms with Crippen LogP contribution in [0.4, 0.5) is 10.5 Å². The molecule has 4 aromatic rings. The van der Waals surface area contributed by atoms with Crippen molar-refractivity contribution in [1.29, 1.82) is 0 Å². The first-order valence-electron chi connectivity index (χ1n) is 12.5. The summed E-state index contributed by atoms with van der Waals surface area (Å²) < 4.78 is 7.41. The molecule has 1 aliphatic heterocycles. The Bertz CT molecular complexity index is 1470. The molecule has 0 saturated carbocycles. The Morgan fingerprint density at radius 1 is 1.00 bits per heavy atom. The number of nitrogens with one attached hydrogen (secondary N) is 2. The van der Waals surface area contributed by atoms with Gasteiger partial charge in [-0.1, -0.05) is 30.3 Å². The van der Waals surface area contributed by atoms with Crippen LogP contribution in [0.2, 0.25) is 0 Å². The molecule has 2 heterocycles. The largest absolute Gasteiger partial charge is 0.497 e. The monoisotopic (exact) mass is 498 g/mol. The average Bonchev–Trinajstić information content (AvgIpc) is 3.38. The maximum atomic E-state index is 12.8. The zero-order valence-electron chi connectivity index (χ0n) is 21.0. The van der Waals surface area contributed by atoms with Crippen LogP contribution in [0.5, 0.6) is 5.75 Å². The maximum absolute atomic E-state index is 12.8. The Kier molecular flexibility index (Phi) is 6.81.